The summed E-state index contributed by atoms with van der Waals surface area (Å²) in [4.78, 5) is 15.5. The molecule has 0 aromatic heterocycles. The van der Waals surface area contributed by atoms with Gasteiger partial charge in [-0.1, -0.05) is 60.1 Å². The number of fused-ring (bicyclic) bond motifs is 2. The number of hydrogen-bond donors (Lipinski definition) is 1. The lowest BCUT2D eigenvalue weighted by Crippen LogP contribution is -2.45. The van der Waals surface area contributed by atoms with E-state index in [-0.39, 0.29) is 23.0 Å². The SMILES string of the molecule is CCCCOc1ccccc1NC(=O)OC1C(CN(CC)CC)C2CCC1(C)C2(C)C. The van der Waals surface area contributed by atoms with Crippen molar-refractivity contribution in [1.29, 1.82) is 0 Å². The topological polar surface area (TPSA) is 50.8 Å². The average molecular weight is 431 g/mol. The van der Waals surface area contributed by atoms with E-state index in [1.54, 1.807) is 0 Å². The Bertz CT molecular complexity index is 746. The van der Waals surface area contributed by atoms with Crippen molar-refractivity contribution < 1.29 is 14.3 Å². The normalized spacial score (nSPS) is 28.7. The van der Waals surface area contributed by atoms with Crippen LogP contribution in [0.5, 0.6) is 5.75 Å². The third-order valence-electron chi connectivity index (χ3n) is 8.38. The summed E-state index contributed by atoms with van der Waals surface area (Å²) < 4.78 is 12.1. The third kappa shape index (κ3) is 4.57. The maximum absolute atomic E-state index is 13.0. The molecule has 3 rings (SSSR count). The van der Waals surface area contributed by atoms with Gasteiger partial charge in [-0.2, -0.15) is 0 Å². The smallest absolute Gasteiger partial charge is 0.412 e. The molecule has 0 radical (unpaired) electrons. The molecule has 1 amide bonds. The maximum atomic E-state index is 13.0. The van der Waals surface area contributed by atoms with Crippen molar-refractivity contribution in [2.75, 3.05) is 31.6 Å². The van der Waals surface area contributed by atoms with Crippen molar-refractivity contribution >= 4 is 11.8 Å². The highest BCUT2D eigenvalue weighted by Gasteiger charge is 2.67. The lowest BCUT2D eigenvalue weighted by Gasteiger charge is -2.40. The second-order valence-corrected chi connectivity index (χ2v) is 10.1. The van der Waals surface area contributed by atoms with Crippen LogP contribution in [0.25, 0.3) is 0 Å². The zero-order chi connectivity index (χ0) is 22.6. The van der Waals surface area contributed by atoms with E-state index < -0.39 is 0 Å². The summed E-state index contributed by atoms with van der Waals surface area (Å²) in [5, 5.41) is 2.97. The highest BCUT2D eigenvalue weighted by atomic mass is 16.6. The van der Waals surface area contributed by atoms with Crippen molar-refractivity contribution in [3.63, 3.8) is 0 Å². The number of nitrogens with zero attached hydrogens (tertiary/aromatic N) is 1. The molecule has 2 bridgehead atoms. The number of benzene rings is 1. The molecule has 2 fully saturated rings. The summed E-state index contributed by atoms with van der Waals surface area (Å²) >= 11 is 0. The fourth-order valence-corrected chi connectivity index (χ4v) is 6.00. The lowest BCUT2D eigenvalue weighted by molar-refractivity contribution is -0.0258. The van der Waals surface area contributed by atoms with Crippen molar-refractivity contribution in [3.05, 3.63) is 24.3 Å². The number of carbonyl (C=O) groups excluding carboxylic acids is 1. The minimum absolute atomic E-state index is 0.00394. The second-order valence-electron chi connectivity index (χ2n) is 10.1. The Morgan fingerprint density at radius 3 is 2.55 bits per heavy atom. The Balaban J connectivity index is 1.75. The molecule has 2 aliphatic carbocycles. The molecule has 2 aliphatic rings. The fraction of sp³-hybridized carbons (Fsp3) is 0.731. The summed E-state index contributed by atoms with van der Waals surface area (Å²) in [6.07, 6.45) is 3.96. The molecular weight excluding hydrogens is 388 g/mol. The van der Waals surface area contributed by atoms with Crippen LogP contribution in [-0.4, -0.2) is 43.3 Å². The molecule has 1 aromatic carbocycles. The van der Waals surface area contributed by atoms with Gasteiger partial charge in [0.05, 0.1) is 12.3 Å². The van der Waals surface area contributed by atoms with E-state index in [0.29, 0.717) is 29.9 Å². The van der Waals surface area contributed by atoms with E-state index in [2.05, 4.69) is 51.8 Å². The largest absolute Gasteiger partial charge is 0.491 e. The van der Waals surface area contributed by atoms with Gasteiger partial charge < -0.3 is 14.4 Å². The molecule has 5 heteroatoms. The molecule has 0 aliphatic heterocycles. The van der Waals surface area contributed by atoms with Crippen LogP contribution in [0.15, 0.2) is 24.3 Å². The summed E-state index contributed by atoms with van der Waals surface area (Å²) in [7, 11) is 0. The highest BCUT2D eigenvalue weighted by molar-refractivity contribution is 5.86. The van der Waals surface area contributed by atoms with Gasteiger partial charge in [-0.05, 0) is 55.8 Å². The van der Waals surface area contributed by atoms with Gasteiger partial charge >= 0.3 is 6.09 Å². The van der Waals surface area contributed by atoms with Crippen molar-refractivity contribution in [1.82, 2.24) is 4.90 Å². The van der Waals surface area contributed by atoms with Crippen molar-refractivity contribution in [2.24, 2.45) is 22.7 Å². The van der Waals surface area contributed by atoms with E-state index in [4.69, 9.17) is 9.47 Å². The Hall–Kier alpha value is -1.75. The lowest BCUT2D eigenvalue weighted by atomic mass is 9.70. The number of ether oxygens (including phenoxy) is 2. The van der Waals surface area contributed by atoms with Crippen LogP contribution in [0, 0.1) is 22.7 Å². The van der Waals surface area contributed by atoms with Gasteiger partial charge in [0.15, 0.2) is 0 Å². The van der Waals surface area contributed by atoms with Crippen LogP contribution in [0.1, 0.15) is 67.2 Å². The predicted molar refractivity (Wildman–Crippen MR) is 127 cm³/mol. The Labute approximate surface area is 188 Å². The van der Waals surface area contributed by atoms with Crippen LogP contribution in [0.3, 0.4) is 0 Å². The fourth-order valence-electron chi connectivity index (χ4n) is 6.00. The van der Waals surface area contributed by atoms with Crippen LogP contribution in [0.4, 0.5) is 10.5 Å². The minimum Gasteiger partial charge on any atom is -0.491 e. The molecule has 1 aromatic rings. The summed E-state index contributed by atoms with van der Waals surface area (Å²) in [5.41, 5.74) is 0.845. The molecule has 0 saturated heterocycles. The molecule has 31 heavy (non-hydrogen) atoms. The first-order valence-corrected chi connectivity index (χ1v) is 12.2. The monoisotopic (exact) mass is 430 g/mol. The molecule has 2 saturated carbocycles. The second kappa shape index (κ2) is 9.81. The quantitative estimate of drug-likeness (QED) is 0.449. The van der Waals surface area contributed by atoms with E-state index >= 15 is 0 Å². The van der Waals surface area contributed by atoms with Gasteiger partial charge in [0, 0.05) is 17.9 Å². The minimum atomic E-state index is -0.370. The molecule has 5 nitrogen and oxygen atoms in total. The van der Waals surface area contributed by atoms with Crippen LogP contribution in [0.2, 0.25) is 0 Å². The van der Waals surface area contributed by atoms with Gasteiger partial charge in [0.2, 0.25) is 0 Å². The molecule has 0 spiro atoms. The van der Waals surface area contributed by atoms with Crippen LogP contribution in [-0.2, 0) is 4.74 Å². The summed E-state index contributed by atoms with van der Waals surface area (Å²) in [6, 6.07) is 7.61. The van der Waals surface area contributed by atoms with Gasteiger partial charge in [0.25, 0.3) is 0 Å². The number of hydrogen-bond acceptors (Lipinski definition) is 4. The third-order valence-corrected chi connectivity index (χ3v) is 8.38. The molecule has 0 heterocycles. The van der Waals surface area contributed by atoms with Gasteiger partial charge in [-0.25, -0.2) is 4.79 Å². The highest BCUT2D eigenvalue weighted by Crippen LogP contribution is 2.68. The first kappa shape index (κ1) is 23.9. The zero-order valence-electron chi connectivity index (χ0n) is 20.4. The van der Waals surface area contributed by atoms with Crippen LogP contribution < -0.4 is 10.1 Å². The molecule has 174 valence electrons. The Morgan fingerprint density at radius 1 is 1.16 bits per heavy atom. The number of nitrogens with one attached hydrogen (secondary N) is 1. The van der Waals surface area contributed by atoms with Gasteiger partial charge in [-0.15, -0.1) is 0 Å². The number of carbonyl (C=O) groups is 1. The van der Waals surface area contributed by atoms with Crippen LogP contribution >= 0.6 is 0 Å². The number of amides is 1. The molecular formula is C26H42N2O3. The van der Waals surface area contributed by atoms with Crippen molar-refractivity contribution in [2.45, 2.75) is 73.3 Å². The number of rotatable bonds is 10. The van der Waals surface area contributed by atoms with E-state index in [9.17, 15) is 4.79 Å². The number of para-hydroxylation sites is 2. The predicted octanol–water partition coefficient (Wildman–Crippen LogP) is 6.20. The maximum Gasteiger partial charge on any atom is 0.412 e. The zero-order valence-corrected chi connectivity index (χ0v) is 20.4. The summed E-state index contributed by atoms with van der Waals surface area (Å²) in [6.45, 7) is 17.3. The van der Waals surface area contributed by atoms with Gasteiger partial charge in [-0.3, -0.25) is 5.32 Å². The van der Waals surface area contributed by atoms with E-state index in [1.165, 1.54) is 6.42 Å². The summed E-state index contributed by atoms with van der Waals surface area (Å²) in [5.74, 6) is 1.66. The molecule has 4 atom stereocenters. The average Bonchev–Trinajstić information content (AvgIpc) is 3.06. The molecule has 4 unspecified atom stereocenters. The molecule has 1 N–H and O–H groups in total. The first-order chi connectivity index (χ1) is 14.8. The number of unbranched alkanes of at least 4 members (excludes halogenated alkanes) is 1. The first-order valence-electron chi connectivity index (χ1n) is 12.2. The van der Waals surface area contributed by atoms with E-state index in [1.807, 2.05) is 24.3 Å². The van der Waals surface area contributed by atoms with Crippen molar-refractivity contribution in [3.8, 4) is 5.75 Å². The van der Waals surface area contributed by atoms with E-state index in [0.717, 1.165) is 38.9 Å². The Morgan fingerprint density at radius 2 is 1.87 bits per heavy atom. The van der Waals surface area contributed by atoms with Gasteiger partial charge in [0.1, 0.15) is 11.9 Å². The Kier molecular flexibility index (Phi) is 7.56. The number of anilines is 1. The standard InChI is InChI=1S/C26H42N2O3/c1-7-10-17-30-22-14-12-11-13-21(22)27-24(29)31-23-19(18-28(8-2)9-3)20-15-16-26(23,6)25(20,4)5/h11-14,19-20,23H,7-10,15-18H2,1-6H3,(H,27,29).